The van der Waals surface area contributed by atoms with Crippen LogP contribution in [0.3, 0.4) is 0 Å². The summed E-state index contributed by atoms with van der Waals surface area (Å²) in [5.74, 6) is 0. The van der Waals surface area contributed by atoms with E-state index in [0.29, 0.717) is 0 Å². The van der Waals surface area contributed by atoms with Crippen LogP contribution in [0.15, 0.2) is 218 Å². The Morgan fingerprint density at radius 3 is 1.66 bits per heavy atom. The van der Waals surface area contributed by atoms with E-state index in [1.165, 1.54) is 87.1 Å². The van der Waals surface area contributed by atoms with Crippen molar-refractivity contribution in [2.45, 2.75) is 17.8 Å². The second-order valence-electron chi connectivity index (χ2n) is 16.1. The molecule has 0 fully saturated rings. The van der Waals surface area contributed by atoms with Gasteiger partial charge >= 0.3 is 0 Å². The Kier molecular flexibility index (Phi) is 7.51. The zero-order valence-corrected chi connectivity index (χ0v) is 33.5. The summed E-state index contributed by atoms with van der Waals surface area (Å²) < 4.78 is 2.61. The predicted molar refractivity (Wildman–Crippen MR) is 249 cm³/mol. The van der Waals surface area contributed by atoms with Crippen LogP contribution in [0.2, 0.25) is 0 Å². The van der Waals surface area contributed by atoms with Crippen molar-refractivity contribution in [3.8, 4) is 22.3 Å². The first-order valence-corrected chi connectivity index (χ1v) is 21.3. The summed E-state index contributed by atoms with van der Waals surface area (Å²) in [4.78, 5) is 2.54. The Labute approximate surface area is 349 Å². The maximum absolute atomic E-state index is 2.54. The smallest absolute Gasteiger partial charge is 0.0714 e. The van der Waals surface area contributed by atoms with Gasteiger partial charge in [-0.1, -0.05) is 176 Å². The Balaban J connectivity index is 1.17. The lowest BCUT2D eigenvalue weighted by Crippen LogP contribution is -2.28. The van der Waals surface area contributed by atoms with Crippen molar-refractivity contribution in [2.75, 3.05) is 4.90 Å². The number of hydrogen-bond acceptors (Lipinski definition) is 2. The third-order valence-corrected chi connectivity index (χ3v) is 14.4. The monoisotopic (exact) mass is 769 g/mol. The van der Waals surface area contributed by atoms with Gasteiger partial charge < -0.3 is 4.90 Å². The molecule has 10 aromatic rings. The van der Waals surface area contributed by atoms with Crippen LogP contribution in [0.1, 0.15) is 45.9 Å². The number of fused-ring (bicyclic) bond motifs is 9. The van der Waals surface area contributed by atoms with Crippen LogP contribution in [0, 0.1) is 0 Å². The molecule has 1 unspecified atom stereocenters. The quantitative estimate of drug-likeness (QED) is 0.163. The summed E-state index contributed by atoms with van der Waals surface area (Å²) in [5.41, 5.74) is 16.8. The number of nitrogens with zero attached hydrogens (tertiary/aromatic N) is 1. The lowest BCUT2D eigenvalue weighted by molar-refractivity contribution is 0.714. The fraction of sp³-hybridized carbons (Fsp3) is 0.0526. The Bertz CT molecular complexity index is 3200. The van der Waals surface area contributed by atoms with Gasteiger partial charge in [0.2, 0.25) is 0 Å². The number of thiophene rings is 1. The highest BCUT2D eigenvalue weighted by Crippen LogP contribution is 2.60. The van der Waals surface area contributed by atoms with E-state index in [4.69, 9.17) is 0 Å². The zero-order valence-electron chi connectivity index (χ0n) is 32.6. The van der Waals surface area contributed by atoms with E-state index in [-0.39, 0.29) is 5.41 Å². The van der Waals surface area contributed by atoms with Crippen LogP contribution in [-0.2, 0) is 10.8 Å². The SMILES string of the molecule is CC1(c2ccccc2)c2ccccc2-c2c(N(c3ccc4c(c3)C(c3ccccc3)(c3ccccc3)c3ccccc3-4)c3ccc4sc5ccccc5c4c3)cccc21. The lowest BCUT2D eigenvalue weighted by atomic mass is 9.67. The normalized spacial score (nSPS) is 15.7. The molecule has 278 valence electrons. The molecule has 2 aliphatic carbocycles. The van der Waals surface area contributed by atoms with Crippen molar-refractivity contribution in [1.29, 1.82) is 0 Å². The molecular weight excluding hydrogens is 731 g/mol. The molecule has 1 aromatic heterocycles. The van der Waals surface area contributed by atoms with Gasteiger partial charge in [0.05, 0.1) is 11.1 Å². The summed E-state index contributed by atoms with van der Waals surface area (Å²) in [6.07, 6.45) is 0. The van der Waals surface area contributed by atoms with E-state index in [1.54, 1.807) is 0 Å². The first-order chi connectivity index (χ1) is 29.2. The van der Waals surface area contributed by atoms with E-state index < -0.39 is 5.41 Å². The van der Waals surface area contributed by atoms with E-state index in [1.807, 2.05) is 11.3 Å². The van der Waals surface area contributed by atoms with Crippen molar-refractivity contribution >= 4 is 48.6 Å². The van der Waals surface area contributed by atoms with Crippen molar-refractivity contribution in [3.05, 3.63) is 257 Å². The second kappa shape index (κ2) is 13.0. The van der Waals surface area contributed by atoms with E-state index in [9.17, 15) is 0 Å². The summed E-state index contributed by atoms with van der Waals surface area (Å²) in [6, 6.07) is 81.5. The standard InChI is InChI=1S/C57H39NS/c1-56(38-18-5-2-6-19-38)48-27-14-12-26-46(48)55-50(56)29-17-30-52(55)58(41-33-35-54-47(36-41)45-25-13-16-31-53(45)59-54)42-32-34-44-43-24-11-15-28-49(43)57(51(44)37-42,39-20-7-3-8-21-39)40-22-9-4-10-23-40/h2-37H,1H3. The minimum atomic E-state index is -0.513. The van der Waals surface area contributed by atoms with Gasteiger partial charge in [0.15, 0.2) is 0 Å². The Morgan fingerprint density at radius 2 is 0.915 bits per heavy atom. The highest BCUT2D eigenvalue weighted by atomic mass is 32.1. The Hall–Kier alpha value is -7.00. The number of benzene rings is 9. The third kappa shape index (κ3) is 4.78. The van der Waals surface area contributed by atoms with Gasteiger partial charge in [0.1, 0.15) is 0 Å². The molecule has 59 heavy (non-hydrogen) atoms. The largest absolute Gasteiger partial charge is 0.310 e. The summed E-state index contributed by atoms with van der Waals surface area (Å²) in [5, 5.41) is 2.58. The molecule has 2 heteroatoms. The molecule has 0 saturated heterocycles. The molecule has 0 radical (unpaired) electrons. The molecule has 0 N–H and O–H groups in total. The highest BCUT2D eigenvalue weighted by molar-refractivity contribution is 7.25. The van der Waals surface area contributed by atoms with Crippen LogP contribution in [0.5, 0.6) is 0 Å². The first-order valence-electron chi connectivity index (χ1n) is 20.5. The van der Waals surface area contributed by atoms with Crippen LogP contribution < -0.4 is 4.90 Å². The van der Waals surface area contributed by atoms with Crippen molar-refractivity contribution in [2.24, 2.45) is 0 Å². The molecule has 0 bridgehead atoms. The minimum absolute atomic E-state index is 0.322. The molecule has 0 saturated carbocycles. The zero-order chi connectivity index (χ0) is 39.1. The molecule has 9 aromatic carbocycles. The van der Waals surface area contributed by atoms with Crippen molar-refractivity contribution in [1.82, 2.24) is 0 Å². The van der Waals surface area contributed by atoms with Crippen molar-refractivity contribution < 1.29 is 0 Å². The average molecular weight is 770 g/mol. The highest BCUT2D eigenvalue weighted by Gasteiger charge is 2.47. The molecule has 0 amide bonds. The summed E-state index contributed by atoms with van der Waals surface area (Å²) >= 11 is 1.87. The van der Waals surface area contributed by atoms with Gasteiger partial charge in [0, 0.05) is 42.5 Å². The maximum atomic E-state index is 2.54. The van der Waals surface area contributed by atoms with Gasteiger partial charge in [-0.2, -0.15) is 0 Å². The minimum Gasteiger partial charge on any atom is -0.310 e. The van der Waals surface area contributed by atoms with Crippen LogP contribution in [0.4, 0.5) is 17.1 Å². The van der Waals surface area contributed by atoms with E-state index in [0.717, 1.165) is 11.4 Å². The summed E-state index contributed by atoms with van der Waals surface area (Å²) in [7, 11) is 0. The van der Waals surface area contributed by atoms with Crippen LogP contribution >= 0.6 is 11.3 Å². The molecule has 1 heterocycles. The predicted octanol–water partition coefficient (Wildman–Crippen LogP) is 15.2. The van der Waals surface area contributed by atoms with E-state index >= 15 is 0 Å². The molecule has 1 atom stereocenters. The molecular formula is C57H39NS. The molecule has 0 aliphatic heterocycles. The number of rotatable bonds is 6. The maximum Gasteiger partial charge on any atom is 0.0714 e. The van der Waals surface area contributed by atoms with Gasteiger partial charge in [-0.25, -0.2) is 0 Å². The molecule has 12 rings (SSSR count). The first kappa shape index (κ1) is 34.1. The number of anilines is 3. The lowest BCUT2D eigenvalue weighted by Gasteiger charge is -2.35. The van der Waals surface area contributed by atoms with Gasteiger partial charge in [-0.3, -0.25) is 0 Å². The second-order valence-corrected chi connectivity index (χ2v) is 17.2. The molecule has 0 spiro atoms. The van der Waals surface area contributed by atoms with Gasteiger partial charge in [-0.05, 0) is 105 Å². The molecule has 1 nitrogen and oxygen atoms in total. The third-order valence-electron chi connectivity index (χ3n) is 13.2. The van der Waals surface area contributed by atoms with Crippen molar-refractivity contribution in [3.63, 3.8) is 0 Å². The fourth-order valence-corrected chi connectivity index (χ4v) is 11.7. The summed E-state index contributed by atoms with van der Waals surface area (Å²) in [6.45, 7) is 2.41. The Morgan fingerprint density at radius 1 is 0.373 bits per heavy atom. The average Bonchev–Trinajstić information content (AvgIpc) is 3.92. The van der Waals surface area contributed by atoms with E-state index in [2.05, 4.69) is 230 Å². The molecule has 2 aliphatic rings. The van der Waals surface area contributed by atoms with Crippen LogP contribution in [0.25, 0.3) is 42.4 Å². The number of hydrogen-bond donors (Lipinski definition) is 0. The van der Waals surface area contributed by atoms with Crippen LogP contribution in [-0.4, -0.2) is 0 Å². The van der Waals surface area contributed by atoms with Gasteiger partial charge in [0.25, 0.3) is 0 Å². The van der Waals surface area contributed by atoms with Gasteiger partial charge in [-0.15, -0.1) is 11.3 Å². The topological polar surface area (TPSA) is 3.24 Å². The fourth-order valence-electron chi connectivity index (χ4n) is 10.6.